The Morgan fingerprint density at radius 3 is 2.52 bits per heavy atom. The van der Waals surface area contributed by atoms with Crippen molar-refractivity contribution in [3.63, 3.8) is 0 Å². The van der Waals surface area contributed by atoms with E-state index in [1.807, 2.05) is 6.07 Å². The minimum Gasteiger partial charge on any atom is -0.355 e. The summed E-state index contributed by atoms with van der Waals surface area (Å²) in [5.41, 5.74) is 0.262. The van der Waals surface area contributed by atoms with Crippen LogP contribution in [0.25, 0.3) is 0 Å². The summed E-state index contributed by atoms with van der Waals surface area (Å²) in [5, 5.41) is 8.22. The number of carbonyl (C=O) groups excluding carboxylic acids is 1. The van der Waals surface area contributed by atoms with Crippen LogP contribution < -0.4 is 4.90 Å². The van der Waals surface area contributed by atoms with Crippen LogP contribution in [0.5, 0.6) is 0 Å². The number of aromatic nitrogens is 2. The van der Waals surface area contributed by atoms with Gasteiger partial charge in [0.25, 0.3) is 5.91 Å². The second-order valence-electron chi connectivity index (χ2n) is 6.30. The van der Waals surface area contributed by atoms with Crippen molar-refractivity contribution < 1.29 is 13.2 Å². The van der Waals surface area contributed by atoms with Gasteiger partial charge in [-0.15, -0.1) is 10.2 Å². The maximum Gasteiger partial charge on any atom is 0.274 e. The molecule has 1 atom stereocenters. The van der Waals surface area contributed by atoms with Gasteiger partial charge in [-0.3, -0.25) is 4.79 Å². The van der Waals surface area contributed by atoms with E-state index in [0.29, 0.717) is 6.42 Å². The van der Waals surface area contributed by atoms with Crippen LogP contribution in [0.2, 0.25) is 0 Å². The molecule has 1 amide bonds. The van der Waals surface area contributed by atoms with Crippen molar-refractivity contribution in [3.8, 4) is 0 Å². The predicted molar refractivity (Wildman–Crippen MR) is 87.2 cm³/mol. The van der Waals surface area contributed by atoms with Crippen molar-refractivity contribution in [2.45, 2.75) is 31.7 Å². The molecule has 2 aliphatic rings. The normalized spacial score (nSPS) is 23.7. The number of amides is 1. The summed E-state index contributed by atoms with van der Waals surface area (Å²) in [7, 11) is -1.38. The van der Waals surface area contributed by atoms with E-state index in [0.717, 1.165) is 31.7 Å². The quantitative estimate of drug-likeness (QED) is 0.808. The first-order chi connectivity index (χ1) is 11.0. The number of sulfone groups is 1. The third-order valence-corrected chi connectivity index (χ3v) is 6.38. The summed E-state index contributed by atoms with van der Waals surface area (Å²) in [4.78, 5) is 16.1. The third-order valence-electron chi connectivity index (χ3n) is 4.63. The smallest absolute Gasteiger partial charge is 0.274 e. The Labute approximate surface area is 136 Å². The van der Waals surface area contributed by atoms with Gasteiger partial charge < -0.3 is 9.80 Å². The second-order valence-corrected chi connectivity index (χ2v) is 8.53. The Bertz CT molecular complexity index is 668. The lowest BCUT2D eigenvalue weighted by atomic mass is 10.1. The molecule has 0 bridgehead atoms. The molecule has 126 valence electrons. The number of hydrogen-bond donors (Lipinski definition) is 0. The van der Waals surface area contributed by atoms with E-state index in [4.69, 9.17) is 0 Å². The van der Waals surface area contributed by atoms with Gasteiger partial charge in [0.1, 0.15) is 0 Å². The van der Waals surface area contributed by atoms with Gasteiger partial charge in [-0.25, -0.2) is 8.42 Å². The van der Waals surface area contributed by atoms with Gasteiger partial charge in [-0.05, 0) is 37.8 Å². The van der Waals surface area contributed by atoms with Crippen molar-refractivity contribution in [2.24, 2.45) is 0 Å². The van der Waals surface area contributed by atoms with Gasteiger partial charge in [0.05, 0.1) is 11.5 Å². The zero-order chi connectivity index (χ0) is 16.4. The molecule has 7 nitrogen and oxygen atoms in total. The summed E-state index contributed by atoms with van der Waals surface area (Å²) in [6, 6.07) is 3.24. The number of carbonyl (C=O) groups is 1. The molecular weight excluding hydrogens is 316 g/mol. The van der Waals surface area contributed by atoms with Crippen molar-refractivity contribution >= 4 is 21.6 Å². The lowest BCUT2D eigenvalue weighted by Crippen LogP contribution is -2.38. The van der Waals surface area contributed by atoms with Crippen LogP contribution in [0, 0.1) is 0 Å². The minimum absolute atomic E-state index is 0.0362. The van der Waals surface area contributed by atoms with E-state index in [1.165, 1.54) is 11.3 Å². The number of piperidine rings is 1. The number of hydrogen-bond acceptors (Lipinski definition) is 6. The fraction of sp³-hybridized carbons (Fsp3) is 0.667. The maximum atomic E-state index is 12.4. The molecule has 2 fully saturated rings. The number of rotatable bonds is 3. The number of nitrogens with zero attached hydrogens (tertiary/aromatic N) is 4. The molecule has 3 heterocycles. The van der Waals surface area contributed by atoms with Crippen molar-refractivity contribution in [1.82, 2.24) is 15.1 Å². The fourth-order valence-corrected chi connectivity index (χ4v) is 4.93. The van der Waals surface area contributed by atoms with Crippen molar-refractivity contribution in [1.29, 1.82) is 0 Å². The van der Waals surface area contributed by atoms with Gasteiger partial charge in [0.2, 0.25) is 0 Å². The molecule has 0 radical (unpaired) electrons. The van der Waals surface area contributed by atoms with Gasteiger partial charge in [-0.2, -0.15) is 0 Å². The van der Waals surface area contributed by atoms with Gasteiger partial charge in [0.15, 0.2) is 21.3 Å². The third kappa shape index (κ3) is 3.63. The molecule has 0 spiro atoms. The van der Waals surface area contributed by atoms with E-state index >= 15 is 0 Å². The molecule has 3 rings (SSSR count). The molecule has 23 heavy (non-hydrogen) atoms. The largest absolute Gasteiger partial charge is 0.355 e. The first-order valence-corrected chi connectivity index (χ1v) is 9.85. The van der Waals surface area contributed by atoms with E-state index in [9.17, 15) is 13.2 Å². The maximum absolute atomic E-state index is 12.4. The van der Waals surface area contributed by atoms with E-state index in [2.05, 4.69) is 15.1 Å². The number of anilines is 1. The van der Waals surface area contributed by atoms with Crippen LogP contribution in [-0.4, -0.2) is 67.1 Å². The topological polar surface area (TPSA) is 83.5 Å². The molecule has 8 heteroatoms. The van der Waals surface area contributed by atoms with Crippen molar-refractivity contribution in [3.05, 3.63) is 17.8 Å². The molecule has 1 aromatic heterocycles. The Morgan fingerprint density at radius 1 is 1.22 bits per heavy atom. The lowest BCUT2D eigenvalue weighted by molar-refractivity contribution is 0.0740. The van der Waals surface area contributed by atoms with Gasteiger partial charge >= 0.3 is 0 Å². The standard InChI is InChI=1S/C15H22N4O3S/c1-18(12-7-10-23(21,22)11-12)15(20)13-5-6-14(17-16-13)19-8-3-2-4-9-19/h5-6,12H,2-4,7-11H2,1H3. The highest BCUT2D eigenvalue weighted by Gasteiger charge is 2.33. The monoisotopic (exact) mass is 338 g/mol. The van der Waals surface area contributed by atoms with Crippen LogP contribution in [0.1, 0.15) is 36.2 Å². The Kier molecular flexibility index (Phi) is 4.52. The summed E-state index contributed by atoms with van der Waals surface area (Å²) >= 11 is 0. The van der Waals surface area contributed by atoms with Gasteiger partial charge in [-0.1, -0.05) is 0 Å². The zero-order valence-electron chi connectivity index (χ0n) is 13.3. The van der Waals surface area contributed by atoms with Crippen molar-refractivity contribution in [2.75, 3.05) is 36.5 Å². The predicted octanol–water partition coefficient (Wildman–Crippen LogP) is 0.726. The van der Waals surface area contributed by atoms with E-state index in [1.54, 1.807) is 13.1 Å². The van der Waals surface area contributed by atoms with Crippen LogP contribution in [-0.2, 0) is 9.84 Å². The lowest BCUT2D eigenvalue weighted by Gasteiger charge is -2.27. The molecule has 2 saturated heterocycles. The molecule has 1 aromatic rings. The highest BCUT2D eigenvalue weighted by molar-refractivity contribution is 7.91. The first-order valence-electron chi connectivity index (χ1n) is 8.02. The van der Waals surface area contributed by atoms with Crippen LogP contribution in [0.4, 0.5) is 5.82 Å². The Morgan fingerprint density at radius 2 is 1.96 bits per heavy atom. The first kappa shape index (κ1) is 16.2. The molecular formula is C15H22N4O3S. The molecule has 0 saturated carbocycles. The highest BCUT2D eigenvalue weighted by atomic mass is 32.2. The average molecular weight is 338 g/mol. The van der Waals surface area contributed by atoms with E-state index in [-0.39, 0.29) is 29.1 Å². The SMILES string of the molecule is CN(C(=O)c1ccc(N2CCCCC2)nn1)C1CCS(=O)(=O)C1. The average Bonchev–Trinajstić information content (AvgIpc) is 2.94. The van der Waals surface area contributed by atoms with Crippen LogP contribution >= 0.6 is 0 Å². The fourth-order valence-electron chi connectivity index (χ4n) is 3.16. The summed E-state index contributed by atoms with van der Waals surface area (Å²) in [6.45, 7) is 1.95. The molecule has 0 N–H and O–H groups in total. The molecule has 0 aromatic carbocycles. The van der Waals surface area contributed by atoms with Gasteiger partial charge in [0, 0.05) is 26.2 Å². The Balaban J connectivity index is 1.67. The zero-order valence-corrected chi connectivity index (χ0v) is 14.1. The molecule has 2 aliphatic heterocycles. The second kappa shape index (κ2) is 6.43. The Hall–Kier alpha value is -1.70. The molecule has 1 unspecified atom stereocenters. The summed E-state index contributed by atoms with van der Waals surface area (Å²) in [6.07, 6.45) is 4.04. The van der Waals surface area contributed by atoms with E-state index < -0.39 is 9.84 Å². The highest BCUT2D eigenvalue weighted by Crippen LogP contribution is 2.19. The summed E-state index contributed by atoms with van der Waals surface area (Å²) < 4.78 is 23.1. The molecule has 0 aliphatic carbocycles. The minimum atomic E-state index is -3.01. The van der Waals surface area contributed by atoms with Crippen LogP contribution in [0.15, 0.2) is 12.1 Å². The summed E-state index contributed by atoms with van der Waals surface area (Å²) in [5.74, 6) is 0.709. The van der Waals surface area contributed by atoms with Crippen LogP contribution in [0.3, 0.4) is 0 Å².